The fourth-order valence-electron chi connectivity index (χ4n) is 2.64. The topological polar surface area (TPSA) is 41.6 Å². The van der Waals surface area contributed by atoms with E-state index in [-0.39, 0.29) is 11.9 Å². The summed E-state index contributed by atoms with van der Waals surface area (Å²) in [6.07, 6.45) is 1.14. The fourth-order valence-corrected chi connectivity index (χ4v) is 2.64. The van der Waals surface area contributed by atoms with Crippen LogP contribution in [0.4, 0.5) is 0 Å². The van der Waals surface area contributed by atoms with Gasteiger partial charge in [-0.25, -0.2) is 0 Å². The Labute approximate surface area is 114 Å². The van der Waals surface area contributed by atoms with Gasteiger partial charge in [0.15, 0.2) is 0 Å². The molecule has 0 bridgehead atoms. The van der Waals surface area contributed by atoms with Crippen LogP contribution in [0.5, 0.6) is 0 Å². The van der Waals surface area contributed by atoms with Crippen LogP contribution in [0.15, 0.2) is 30.3 Å². The highest BCUT2D eigenvalue weighted by molar-refractivity contribution is 5.78. The lowest BCUT2D eigenvalue weighted by Crippen LogP contribution is -2.34. The third-order valence-electron chi connectivity index (χ3n) is 3.81. The maximum Gasteiger partial charge on any atom is 0.314 e. The Morgan fingerprint density at radius 1 is 1.47 bits per heavy atom. The minimum atomic E-state index is -0.193. The van der Waals surface area contributed by atoms with Gasteiger partial charge in [0.1, 0.15) is 0 Å². The molecule has 1 aromatic carbocycles. The van der Waals surface area contributed by atoms with Gasteiger partial charge in [-0.1, -0.05) is 30.3 Å². The van der Waals surface area contributed by atoms with Crippen molar-refractivity contribution in [2.75, 3.05) is 33.8 Å². The van der Waals surface area contributed by atoms with E-state index < -0.39 is 0 Å². The third-order valence-corrected chi connectivity index (χ3v) is 3.81. The number of rotatable bonds is 5. The molecule has 1 heterocycles. The van der Waals surface area contributed by atoms with E-state index in [2.05, 4.69) is 10.2 Å². The zero-order valence-electron chi connectivity index (χ0n) is 11.6. The lowest BCUT2D eigenvalue weighted by atomic mass is 9.99. The van der Waals surface area contributed by atoms with E-state index in [1.807, 2.05) is 37.4 Å². The quantitative estimate of drug-likeness (QED) is 0.811. The maximum atomic E-state index is 12.0. The summed E-state index contributed by atoms with van der Waals surface area (Å²) in [5, 5.41) is 3.29. The fraction of sp³-hybridized carbons (Fsp3) is 0.533. The van der Waals surface area contributed by atoms with Gasteiger partial charge in [0.25, 0.3) is 0 Å². The summed E-state index contributed by atoms with van der Waals surface area (Å²) >= 11 is 0. The maximum absolute atomic E-state index is 12.0. The van der Waals surface area contributed by atoms with Crippen molar-refractivity contribution in [3.8, 4) is 0 Å². The van der Waals surface area contributed by atoms with E-state index in [0.29, 0.717) is 6.04 Å². The summed E-state index contributed by atoms with van der Waals surface area (Å²) < 4.78 is 4.95. The molecule has 104 valence electrons. The summed E-state index contributed by atoms with van der Waals surface area (Å²) in [6.45, 7) is 2.76. The molecule has 0 radical (unpaired) electrons. The molecular weight excluding hydrogens is 240 g/mol. The Kier molecular flexibility index (Phi) is 4.93. The number of benzene rings is 1. The zero-order valence-corrected chi connectivity index (χ0v) is 11.6. The number of nitrogens with zero attached hydrogens (tertiary/aromatic N) is 1. The first-order chi connectivity index (χ1) is 9.24. The smallest absolute Gasteiger partial charge is 0.314 e. The molecule has 0 amide bonds. The van der Waals surface area contributed by atoms with E-state index in [9.17, 15) is 4.79 Å². The second kappa shape index (κ2) is 6.68. The van der Waals surface area contributed by atoms with Crippen LogP contribution in [0.1, 0.15) is 17.9 Å². The SMILES string of the molecule is CNC1CCN(CC(C(=O)OC)c2ccccc2)C1. The first kappa shape index (κ1) is 14.0. The van der Waals surface area contributed by atoms with Gasteiger partial charge in [-0.2, -0.15) is 0 Å². The second-order valence-corrected chi connectivity index (χ2v) is 5.02. The summed E-state index contributed by atoms with van der Waals surface area (Å²) in [5.74, 6) is -0.346. The molecule has 1 aliphatic heterocycles. The molecule has 1 fully saturated rings. The van der Waals surface area contributed by atoms with Crippen LogP contribution >= 0.6 is 0 Å². The highest BCUT2D eigenvalue weighted by Crippen LogP contribution is 2.21. The number of hydrogen-bond donors (Lipinski definition) is 1. The Bertz CT molecular complexity index is 408. The van der Waals surface area contributed by atoms with E-state index >= 15 is 0 Å². The molecule has 2 atom stereocenters. The summed E-state index contributed by atoms with van der Waals surface area (Å²) in [6, 6.07) is 10.4. The van der Waals surface area contributed by atoms with Gasteiger partial charge in [0.05, 0.1) is 13.0 Å². The minimum Gasteiger partial charge on any atom is -0.469 e. The first-order valence-corrected chi connectivity index (χ1v) is 6.77. The molecule has 4 nitrogen and oxygen atoms in total. The molecule has 2 rings (SSSR count). The number of carbonyl (C=O) groups excluding carboxylic acids is 1. The molecular formula is C15H22N2O2. The average molecular weight is 262 g/mol. The summed E-state index contributed by atoms with van der Waals surface area (Å²) in [7, 11) is 3.45. The number of hydrogen-bond acceptors (Lipinski definition) is 4. The molecule has 1 aromatic rings. The molecule has 1 N–H and O–H groups in total. The highest BCUT2D eigenvalue weighted by Gasteiger charge is 2.28. The van der Waals surface area contributed by atoms with Crippen molar-refractivity contribution in [1.29, 1.82) is 0 Å². The molecule has 1 saturated heterocycles. The Morgan fingerprint density at radius 3 is 2.79 bits per heavy atom. The number of nitrogens with one attached hydrogen (secondary N) is 1. The Morgan fingerprint density at radius 2 is 2.21 bits per heavy atom. The van der Waals surface area contributed by atoms with Crippen LogP contribution in [0.3, 0.4) is 0 Å². The Balaban J connectivity index is 2.05. The zero-order chi connectivity index (χ0) is 13.7. The number of carbonyl (C=O) groups is 1. The predicted octanol–water partition coefficient (Wildman–Crippen LogP) is 1.24. The molecule has 0 aromatic heterocycles. The summed E-state index contributed by atoms with van der Waals surface area (Å²) in [5.41, 5.74) is 1.03. The summed E-state index contributed by atoms with van der Waals surface area (Å²) in [4.78, 5) is 14.3. The van der Waals surface area contributed by atoms with Gasteiger partial charge < -0.3 is 15.0 Å². The minimum absolute atomic E-state index is 0.154. The van der Waals surface area contributed by atoms with Crippen molar-refractivity contribution in [2.45, 2.75) is 18.4 Å². The van der Waals surface area contributed by atoms with Gasteiger partial charge in [0, 0.05) is 19.1 Å². The molecule has 0 aliphatic carbocycles. The van der Waals surface area contributed by atoms with Gasteiger partial charge in [-0.3, -0.25) is 4.79 Å². The van der Waals surface area contributed by atoms with Gasteiger partial charge in [0.2, 0.25) is 0 Å². The van der Waals surface area contributed by atoms with Crippen molar-refractivity contribution in [1.82, 2.24) is 10.2 Å². The average Bonchev–Trinajstić information content (AvgIpc) is 2.92. The molecule has 19 heavy (non-hydrogen) atoms. The van der Waals surface area contributed by atoms with E-state index in [4.69, 9.17) is 4.74 Å². The number of ether oxygens (including phenoxy) is 1. The van der Waals surface area contributed by atoms with Crippen LogP contribution < -0.4 is 5.32 Å². The lowest BCUT2D eigenvalue weighted by Gasteiger charge is -2.22. The van der Waals surface area contributed by atoms with Crippen molar-refractivity contribution >= 4 is 5.97 Å². The number of likely N-dealkylation sites (N-methyl/N-ethyl adjacent to an activating group) is 1. The highest BCUT2D eigenvalue weighted by atomic mass is 16.5. The van der Waals surface area contributed by atoms with Crippen LogP contribution in [0.25, 0.3) is 0 Å². The lowest BCUT2D eigenvalue weighted by molar-refractivity contribution is -0.142. The van der Waals surface area contributed by atoms with Crippen molar-refractivity contribution in [2.24, 2.45) is 0 Å². The second-order valence-electron chi connectivity index (χ2n) is 5.02. The number of methoxy groups -OCH3 is 1. The van der Waals surface area contributed by atoms with E-state index in [0.717, 1.165) is 31.6 Å². The van der Waals surface area contributed by atoms with Gasteiger partial charge >= 0.3 is 5.97 Å². The number of likely N-dealkylation sites (tertiary alicyclic amines) is 1. The number of esters is 1. The normalized spacial score (nSPS) is 21.3. The predicted molar refractivity (Wildman–Crippen MR) is 75.1 cm³/mol. The molecule has 0 spiro atoms. The van der Waals surface area contributed by atoms with E-state index in [1.165, 1.54) is 7.11 Å². The standard InChI is InChI=1S/C15H22N2O2/c1-16-13-8-9-17(10-13)11-14(15(18)19-2)12-6-4-3-5-7-12/h3-7,13-14,16H,8-11H2,1-2H3. The molecule has 4 heteroatoms. The Hall–Kier alpha value is -1.39. The van der Waals surface area contributed by atoms with Gasteiger partial charge in [-0.05, 0) is 25.6 Å². The monoisotopic (exact) mass is 262 g/mol. The molecule has 0 saturated carbocycles. The van der Waals surface area contributed by atoms with Crippen LogP contribution in [-0.2, 0) is 9.53 Å². The van der Waals surface area contributed by atoms with Crippen molar-refractivity contribution < 1.29 is 9.53 Å². The van der Waals surface area contributed by atoms with Crippen LogP contribution in [-0.4, -0.2) is 50.7 Å². The largest absolute Gasteiger partial charge is 0.469 e. The van der Waals surface area contributed by atoms with Crippen molar-refractivity contribution in [3.63, 3.8) is 0 Å². The first-order valence-electron chi connectivity index (χ1n) is 6.77. The van der Waals surface area contributed by atoms with Crippen molar-refractivity contribution in [3.05, 3.63) is 35.9 Å². The van der Waals surface area contributed by atoms with Gasteiger partial charge in [-0.15, -0.1) is 0 Å². The molecule has 2 unspecified atom stereocenters. The van der Waals surface area contributed by atoms with Crippen LogP contribution in [0, 0.1) is 0 Å². The third kappa shape index (κ3) is 3.55. The van der Waals surface area contributed by atoms with E-state index in [1.54, 1.807) is 0 Å². The molecule has 1 aliphatic rings. The van der Waals surface area contributed by atoms with Crippen LogP contribution in [0.2, 0.25) is 0 Å².